The van der Waals surface area contributed by atoms with Crippen LogP contribution in [0, 0.1) is 6.92 Å². The van der Waals surface area contributed by atoms with E-state index >= 15 is 0 Å². The topological polar surface area (TPSA) is 45.6 Å². The molecule has 126 valence electrons. The molecule has 22 heavy (non-hydrogen) atoms. The predicted molar refractivity (Wildman–Crippen MR) is 89.4 cm³/mol. The Bertz CT molecular complexity index is 489. The first kappa shape index (κ1) is 17.2. The molecule has 0 atom stereocenters. The van der Waals surface area contributed by atoms with Gasteiger partial charge in [-0.15, -0.1) is 0 Å². The Morgan fingerprint density at radius 3 is 2.41 bits per heavy atom. The lowest BCUT2D eigenvalue weighted by Gasteiger charge is -2.43. The first-order valence-electron chi connectivity index (χ1n) is 8.06. The Balaban J connectivity index is 1.90. The number of aryl methyl sites for hydroxylation is 2. The van der Waals surface area contributed by atoms with Crippen LogP contribution in [0.25, 0.3) is 0 Å². The highest BCUT2D eigenvalue weighted by Crippen LogP contribution is 2.21. The van der Waals surface area contributed by atoms with Gasteiger partial charge in [0.2, 0.25) is 5.88 Å². The van der Waals surface area contributed by atoms with Crippen molar-refractivity contribution in [3.05, 3.63) is 11.3 Å². The standard InChI is InChI=1S/C16H31N5O/c1-13-14(15(22-6)20(5)18-13)11-17-12-16(2,3)21-9-7-19(4)8-10-21/h17H,7-12H2,1-6H3. The highest BCUT2D eigenvalue weighted by molar-refractivity contribution is 5.30. The van der Waals surface area contributed by atoms with Gasteiger partial charge in [-0.1, -0.05) is 0 Å². The average molecular weight is 309 g/mol. The van der Waals surface area contributed by atoms with Gasteiger partial charge in [0.25, 0.3) is 0 Å². The molecule has 0 spiro atoms. The van der Waals surface area contributed by atoms with E-state index in [1.807, 2.05) is 14.0 Å². The summed E-state index contributed by atoms with van der Waals surface area (Å²) in [6.07, 6.45) is 0. The van der Waals surface area contributed by atoms with Crippen molar-refractivity contribution in [3.8, 4) is 5.88 Å². The second-order valence-electron chi connectivity index (χ2n) is 6.90. The first-order valence-corrected chi connectivity index (χ1v) is 8.06. The molecule has 1 fully saturated rings. The minimum atomic E-state index is 0.157. The van der Waals surface area contributed by atoms with Crippen LogP contribution in [0.2, 0.25) is 0 Å². The van der Waals surface area contributed by atoms with Crippen LogP contribution in [0.5, 0.6) is 5.88 Å². The number of nitrogens with one attached hydrogen (secondary N) is 1. The number of rotatable bonds is 6. The summed E-state index contributed by atoms with van der Waals surface area (Å²) in [6, 6.07) is 0. The number of hydrogen-bond acceptors (Lipinski definition) is 5. The number of methoxy groups -OCH3 is 1. The minimum absolute atomic E-state index is 0.157. The SMILES string of the molecule is COc1c(CNCC(C)(C)N2CCN(C)CC2)c(C)nn1C. The third kappa shape index (κ3) is 3.80. The van der Waals surface area contributed by atoms with E-state index < -0.39 is 0 Å². The average Bonchev–Trinajstić information content (AvgIpc) is 2.73. The molecule has 0 bridgehead atoms. The minimum Gasteiger partial charge on any atom is -0.481 e. The largest absolute Gasteiger partial charge is 0.481 e. The van der Waals surface area contributed by atoms with Gasteiger partial charge in [-0.05, 0) is 27.8 Å². The lowest BCUT2D eigenvalue weighted by Crippen LogP contribution is -2.57. The molecule has 0 aliphatic carbocycles. The number of aromatic nitrogens is 2. The molecule has 2 heterocycles. The lowest BCUT2D eigenvalue weighted by atomic mass is 10.0. The van der Waals surface area contributed by atoms with Gasteiger partial charge in [0.15, 0.2) is 0 Å². The highest BCUT2D eigenvalue weighted by Gasteiger charge is 2.28. The zero-order chi connectivity index (χ0) is 16.3. The molecular weight excluding hydrogens is 278 g/mol. The molecule has 1 N–H and O–H groups in total. The van der Waals surface area contributed by atoms with Crippen molar-refractivity contribution < 1.29 is 4.74 Å². The number of hydrogen-bond donors (Lipinski definition) is 1. The smallest absolute Gasteiger partial charge is 0.216 e. The maximum Gasteiger partial charge on any atom is 0.216 e. The fourth-order valence-corrected chi connectivity index (χ4v) is 3.16. The Morgan fingerprint density at radius 2 is 1.82 bits per heavy atom. The lowest BCUT2D eigenvalue weighted by molar-refractivity contribution is 0.0617. The maximum absolute atomic E-state index is 5.45. The number of likely N-dealkylation sites (N-methyl/N-ethyl adjacent to an activating group) is 1. The molecule has 0 radical (unpaired) electrons. The van der Waals surface area contributed by atoms with Gasteiger partial charge < -0.3 is 15.0 Å². The molecule has 1 aliphatic rings. The van der Waals surface area contributed by atoms with Crippen LogP contribution >= 0.6 is 0 Å². The van der Waals surface area contributed by atoms with Gasteiger partial charge in [-0.3, -0.25) is 4.90 Å². The Morgan fingerprint density at radius 1 is 1.18 bits per heavy atom. The molecule has 1 saturated heterocycles. The van der Waals surface area contributed by atoms with Gasteiger partial charge in [0, 0.05) is 51.9 Å². The van der Waals surface area contributed by atoms with Gasteiger partial charge in [-0.25, -0.2) is 4.68 Å². The van der Waals surface area contributed by atoms with Crippen molar-refractivity contribution in [3.63, 3.8) is 0 Å². The van der Waals surface area contributed by atoms with Crippen LogP contribution < -0.4 is 10.1 Å². The summed E-state index contributed by atoms with van der Waals surface area (Å²) in [5, 5.41) is 8.02. The van der Waals surface area contributed by atoms with E-state index in [4.69, 9.17) is 4.74 Å². The fourth-order valence-electron chi connectivity index (χ4n) is 3.16. The molecule has 6 heteroatoms. The quantitative estimate of drug-likeness (QED) is 0.844. The van der Waals surface area contributed by atoms with Crippen molar-refractivity contribution in [2.45, 2.75) is 32.9 Å². The first-order chi connectivity index (χ1) is 10.3. The van der Waals surface area contributed by atoms with E-state index in [0.29, 0.717) is 0 Å². The summed E-state index contributed by atoms with van der Waals surface area (Å²) in [6.45, 7) is 13.0. The summed E-state index contributed by atoms with van der Waals surface area (Å²) in [7, 11) is 5.82. The molecule has 0 saturated carbocycles. The molecule has 0 aromatic carbocycles. The molecule has 1 aromatic rings. The van der Waals surface area contributed by atoms with Crippen molar-refractivity contribution in [2.24, 2.45) is 7.05 Å². The molecule has 1 aliphatic heterocycles. The molecule has 0 unspecified atom stereocenters. The fraction of sp³-hybridized carbons (Fsp3) is 0.812. The highest BCUT2D eigenvalue weighted by atomic mass is 16.5. The maximum atomic E-state index is 5.45. The van der Waals surface area contributed by atoms with E-state index in [0.717, 1.165) is 56.4 Å². The van der Waals surface area contributed by atoms with Crippen LogP contribution in [0.3, 0.4) is 0 Å². The van der Waals surface area contributed by atoms with Gasteiger partial charge >= 0.3 is 0 Å². The molecule has 1 aromatic heterocycles. The van der Waals surface area contributed by atoms with E-state index in [1.54, 1.807) is 11.8 Å². The summed E-state index contributed by atoms with van der Waals surface area (Å²) in [5.41, 5.74) is 2.34. The molecule has 0 amide bonds. The summed E-state index contributed by atoms with van der Waals surface area (Å²) < 4.78 is 7.26. The van der Waals surface area contributed by atoms with Crippen LogP contribution in [0.15, 0.2) is 0 Å². The zero-order valence-electron chi connectivity index (χ0n) is 14.9. The Labute approximate surface area is 134 Å². The second-order valence-corrected chi connectivity index (χ2v) is 6.90. The Hall–Kier alpha value is -1.11. The third-order valence-electron chi connectivity index (χ3n) is 4.70. The van der Waals surface area contributed by atoms with Crippen molar-refractivity contribution in [1.29, 1.82) is 0 Å². The van der Waals surface area contributed by atoms with Gasteiger partial charge in [0.1, 0.15) is 0 Å². The van der Waals surface area contributed by atoms with Crippen LogP contribution in [-0.4, -0.2) is 72.0 Å². The van der Waals surface area contributed by atoms with Crippen LogP contribution in [-0.2, 0) is 13.6 Å². The third-order valence-corrected chi connectivity index (χ3v) is 4.70. The zero-order valence-corrected chi connectivity index (χ0v) is 14.9. The van der Waals surface area contributed by atoms with E-state index in [2.05, 4.69) is 41.1 Å². The van der Waals surface area contributed by atoms with Gasteiger partial charge in [-0.2, -0.15) is 5.10 Å². The normalized spacial score (nSPS) is 17.9. The second kappa shape index (κ2) is 6.98. The molecule has 2 rings (SSSR count). The Kier molecular flexibility index (Phi) is 5.47. The molecule has 6 nitrogen and oxygen atoms in total. The van der Waals surface area contributed by atoms with Crippen molar-refractivity contribution >= 4 is 0 Å². The monoisotopic (exact) mass is 309 g/mol. The van der Waals surface area contributed by atoms with Crippen LogP contribution in [0.4, 0.5) is 0 Å². The van der Waals surface area contributed by atoms with Crippen molar-refractivity contribution in [2.75, 3.05) is 46.9 Å². The van der Waals surface area contributed by atoms with E-state index in [1.165, 1.54) is 0 Å². The van der Waals surface area contributed by atoms with Crippen molar-refractivity contribution in [1.82, 2.24) is 24.9 Å². The summed E-state index contributed by atoms with van der Waals surface area (Å²) in [4.78, 5) is 4.97. The number of piperazine rings is 1. The van der Waals surface area contributed by atoms with E-state index in [9.17, 15) is 0 Å². The predicted octanol–water partition coefficient (Wildman–Crippen LogP) is 0.853. The number of ether oxygens (including phenoxy) is 1. The van der Waals surface area contributed by atoms with E-state index in [-0.39, 0.29) is 5.54 Å². The number of nitrogens with zero attached hydrogens (tertiary/aromatic N) is 4. The summed E-state index contributed by atoms with van der Waals surface area (Å²) in [5.74, 6) is 0.849. The summed E-state index contributed by atoms with van der Waals surface area (Å²) >= 11 is 0. The van der Waals surface area contributed by atoms with Crippen LogP contribution in [0.1, 0.15) is 25.1 Å². The molecular formula is C16H31N5O. The van der Waals surface area contributed by atoms with Gasteiger partial charge in [0.05, 0.1) is 18.4 Å².